The van der Waals surface area contributed by atoms with E-state index in [0.29, 0.717) is 22.1 Å². The summed E-state index contributed by atoms with van der Waals surface area (Å²) in [5.74, 6) is -0.0852. The maximum atomic E-state index is 13.3. The highest BCUT2D eigenvalue weighted by Crippen LogP contribution is 2.37. The predicted octanol–water partition coefficient (Wildman–Crippen LogP) is 5.95. The maximum Gasteiger partial charge on any atom is 0.435 e. The van der Waals surface area contributed by atoms with Crippen molar-refractivity contribution in [3.8, 4) is 0 Å². The van der Waals surface area contributed by atoms with Gasteiger partial charge < -0.3 is 16.0 Å². The first-order valence-electron chi connectivity index (χ1n) is 11.8. The van der Waals surface area contributed by atoms with Crippen LogP contribution in [-0.2, 0) is 11.0 Å². The molecular weight excluding hydrogens is 501 g/mol. The first-order chi connectivity index (χ1) is 16.6. The number of hydrogen-bond acceptors (Lipinski definition) is 5. The molecule has 2 fully saturated rings. The van der Waals surface area contributed by atoms with Gasteiger partial charge in [0, 0.05) is 17.1 Å². The van der Waals surface area contributed by atoms with Crippen LogP contribution in [-0.4, -0.2) is 28.9 Å². The standard InChI is InChI=1S/C24H28ClF3N4O2S/c1-13(30-17-11-15(25)12-29-21(17)24(26,27)28)19-8-9-20(35-19)23(34)32-18(10-14-4-2-3-5-14)22(33)31-16-6-7-16/h8-9,11-14,16,18,30H,2-7,10H2,1H3,(H,31,33)(H,32,34)/t13-,18-/m0/s1. The van der Waals surface area contributed by atoms with Gasteiger partial charge in [-0.15, -0.1) is 11.3 Å². The molecule has 2 saturated carbocycles. The number of rotatable bonds is 9. The van der Waals surface area contributed by atoms with Crippen molar-refractivity contribution in [2.45, 2.75) is 76.2 Å². The molecule has 0 aliphatic heterocycles. The number of halogens is 4. The van der Waals surface area contributed by atoms with Gasteiger partial charge in [-0.3, -0.25) is 9.59 Å². The fourth-order valence-corrected chi connectivity index (χ4v) is 5.43. The van der Waals surface area contributed by atoms with Crippen LogP contribution in [0.2, 0.25) is 5.02 Å². The van der Waals surface area contributed by atoms with Gasteiger partial charge in [0.2, 0.25) is 5.91 Å². The van der Waals surface area contributed by atoms with Crippen molar-refractivity contribution >= 4 is 40.4 Å². The van der Waals surface area contributed by atoms with Crippen molar-refractivity contribution in [1.29, 1.82) is 0 Å². The van der Waals surface area contributed by atoms with Crippen LogP contribution in [0.25, 0.3) is 0 Å². The van der Waals surface area contributed by atoms with Crippen LogP contribution in [0.3, 0.4) is 0 Å². The molecule has 2 aliphatic carbocycles. The number of thiophene rings is 1. The number of nitrogens with zero attached hydrogens (tertiary/aromatic N) is 1. The highest BCUT2D eigenvalue weighted by Gasteiger charge is 2.36. The van der Waals surface area contributed by atoms with E-state index in [1.54, 1.807) is 19.1 Å². The predicted molar refractivity (Wildman–Crippen MR) is 130 cm³/mol. The van der Waals surface area contributed by atoms with E-state index in [9.17, 15) is 22.8 Å². The smallest absolute Gasteiger partial charge is 0.376 e. The minimum absolute atomic E-state index is 0.0803. The monoisotopic (exact) mass is 528 g/mol. The molecule has 2 aliphatic rings. The molecule has 0 radical (unpaired) electrons. The van der Waals surface area contributed by atoms with Gasteiger partial charge in [-0.1, -0.05) is 37.3 Å². The number of anilines is 1. The molecule has 0 unspecified atom stereocenters. The van der Waals surface area contributed by atoms with Gasteiger partial charge in [0.1, 0.15) is 6.04 Å². The summed E-state index contributed by atoms with van der Waals surface area (Å²) < 4.78 is 40.0. The van der Waals surface area contributed by atoms with E-state index in [0.717, 1.165) is 44.7 Å². The van der Waals surface area contributed by atoms with Crippen molar-refractivity contribution in [1.82, 2.24) is 15.6 Å². The second-order valence-corrected chi connectivity index (χ2v) is 10.9. The molecular formula is C24H28ClF3N4O2S. The highest BCUT2D eigenvalue weighted by molar-refractivity contribution is 7.14. The zero-order chi connectivity index (χ0) is 25.2. The number of aromatic nitrogens is 1. The molecule has 2 aromatic rings. The van der Waals surface area contributed by atoms with Crippen LogP contribution >= 0.6 is 22.9 Å². The molecule has 0 saturated heterocycles. The van der Waals surface area contributed by atoms with E-state index >= 15 is 0 Å². The quantitative estimate of drug-likeness (QED) is 0.376. The number of nitrogens with one attached hydrogen (secondary N) is 3. The number of carbonyl (C=O) groups excluding carboxylic acids is 2. The molecule has 6 nitrogen and oxygen atoms in total. The molecule has 0 spiro atoms. The fourth-order valence-electron chi connectivity index (χ4n) is 4.36. The SMILES string of the molecule is C[C@H](Nc1cc(Cl)cnc1C(F)(F)F)c1ccc(C(=O)N[C@@H](CC2CCCC2)C(=O)NC2CC2)s1. The zero-order valence-corrected chi connectivity index (χ0v) is 20.8. The molecule has 0 bridgehead atoms. The van der Waals surface area contributed by atoms with E-state index < -0.39 is 24.0 Å². The van der Waals surface area contributed by atoms with E-state index in [2.05, 4.69) is 20.9 Å². The second-order valence-electron chi connectivity index (χ2n) is 9.31. The lowest BCUT2D eigenvalue weighted by molar-refractivity contribution is -0.140. The van der Waals surface area contributed by atoms with Crippen LogP contribution in [0.4, 0.5) is 18.9 Å². The zero-order valence-electron chi connectivity index (χ0n) is 19.3. The van der Waals surface area contributed by atoms with Crippen LogP contribution in [0.5, 0.6) is 0 Å². The number of pyridine rings is 1. The Balaban J connectivity index is 1.43. The third-order valence-corrected chi connectivity index (χ3v) is 7.83. The first kappa shape index (κ1) is 25.8. The summed E-state index contributed by atoms with van der Waals surface area (Å²) in [6.07, 6.45) is 3.28. The van der Waals surface area contributed by atoms with Crippen molar-refractivity contribution in [2.24, 2.45) is 5.92 Å². The first-order valence-corrected chi connectivity index (χ1v) is 13.0. The van der Waals surface area contributed by atoms with Gasteiger partial charge in [-0.2, -0.15) is 13.2 Å². The topological polar surface area (TPSA) is 83.1 Å². The number of hydrogen-bond donors (Lipinski definition) is 3. The second kappa shape index (κ2) is 10.7. The third-order valence-electron chi connectivity index (χ3n) is 6.36. The summed E-state index contributed by atoms with van der Waals surface area (Å²) in [5.41, 5.74) is -1.29. The number of carbonyl (C=O) groups is 2. The van der Waals surface area contributed by atoms with Gasteiger partial charge >= 0.3 is 6.18 Å². The minimum atomic E-state index is -4.64. The van der Waals surface area contributed by atoms with Gasteiger partial charge in [-0.25, -0.2) is 4.98 Å². The van der Waals surface area contributed by atoms with Crippen LogP contribution in [0.1, 0.15) is 78.2 Å². The molecule has 2 amide bonds. The lowest BCUT2D eigenvalue weighted by atomic mass is 9.97. The molecule has 2 atom stereocenters. The third kappa shape index (κ3) is 6.88. The Morgan fingerprint density at radius 2 is 1.91 bits per heavy atom. The highest BCUT2D eigenvalue weighted by atomic mass is 35.5. The summed E-state index contributed by atoms with van der Waals surface area (Å²) in [6, 6.07) is 3.57. The fraction of sp³-hybridized carbons (Fsp3) is 0.542. The molecule has 11 heteroatoms. The van der Waals surface area contributed by atoms with Crippen LogP contribution < -0.4 is 16.0 Å². The Morgan fingerprint density at radius 3 is 2.57 bits per heavy atom. The summed E-state index contributed by atoms with van der Waals surface area (Å²) >= 11 is 7.03. The van der Waals surface area contributed by atoms with Crippen LogP contribution in [0, 0.1) is 5.92 Å². The number of amides is 2. The number of alkyl halides is 3. The molecule has 0 aromatic carbocycles. The van der Waals surface area contributed by atoms with E-state index in [4.69, 9.17) is 11.6 Å². The Kier molecular flexibility index (Phi) is 7.90. The normalized spacial score (nSPS) is 18.2. The van der Waals surface area contributed by atoms with Gasteiger partial charge in [0.15, 0.2) is 5.69 Å². The minimum Gasteiger partial charge on any atom is -0.376 e. The van der Waals surface area contributed by atoms with E-state index in [-0.39, 0.29) is 28.6 Å². The maximum absolute atomic E-state index is 13.3. The lowest BCUT2D eigenvalue weighted by Gasteiger charge is -2.21. The van der Waals surface area contributed by atoms with Gasteiger partial charge in [-0.05, 0) is 50.3 Å². The molecule has 2 aromatic heterocycles. The van der Waals surface area contributed by atoms with Gasteiger partial charge in [0.25, 0.3) is 5.91 Å². The average molecular weight is 529 g/mol. The summed E-state index contributed by atoms with van der Waals surface area (Å²) in [7, 11) is 0. The van der Waals surface area contributed by atoms with E-state index in [1.807, 2.05) is 0 Å². The van der Waals surface area contributed by atoms with Gasteiger partial charge in [0.05, 0.1) is 21.6 Å². The van der Waals surface area contributed by atoms with Crippen molar-refractivity contribution < 1.29 is 22.8 Å². The Labute approximate surface area is 211 Å². The molecule has 3 N–H and O–H groups in total. The van der Waals surface area contributed by atoms with Crippen molar-refractivity contribution in [2.75, 3.05) is 5.32 Å². The Hall–Kier alpha value is -2.33. The molecule has 4 rings (SSSR count). The lowest BCUT2D eigenvalue weighted by Crippen LogP contribution is -2.48. The summed E-state index contributed by atoms with van der Waals surface area (Å²) in [6.45, 7) is 1.69. The molecule has 2 heterocycles. The Morgan fingerprint density at radius 1 is 1.20 bits per heavy atom. The Bertz CT molecular complexity index is 1070. The van der Waals surface area contributed by atoms with Crippen LogP contribution in [0.15, 0.2) is 24.4 Å². The average Bonchev–Trinajstić information content (AvgIpc) is 3.24. The largest absolute Gasteiger partial charge is 0.435 e. The summed E-state index contributed by atoms with van der Waals surface area (Å²) in [4.78, 5) is 30.2. The van der Waals surface area contributed by atoms with Crippen molar-refractivity contribution in [3.05, 3.63) is 44.9 Å². The summed E-state index contributed by atoms with van der Waals surface area (Å²) in [5, 5.41) is 8.77. The molecule has 190 valence electrons. The molecule has 35 heavy (non-hydrogen) atoms. The van der Waals surface area contributed by atoms with Crippen molar-refractivity contribution in [3.63, 3.8) is 0 Å². The van der Waals surface area contributed by atoms with E-state index in [1.165, 1.54) is 17.4 Å².